The summed E-state index contributed by atoms with van der Waals surface area (Å²) in [5.74, 6) is 1.82. The Morgan fingerprint density at radius 2 is 2.19 bits per heavy atom. The molecule has 2 unspecified atom stereocenters. The summed E-state index contributed by atoms with van der Waals surface area (Å²) >= 11 is 1.83. The van der Waals surface area contributed by atoms with Crippen molar-refractivity contribution in [2.45, 2.75) is 45.6 Å². The molecule has 0 amide bonds. The molecule has 2 rings (SSSR count). The fraction of sp³-hybridized carbons (Fsp3) is 0.714. The monoisotopic (exact) mass is 237 g/mol. The normalized spacial score (nSPS) is 25.4. The zero-order valence-electron chi connectivity index (χ0n) is 10.4. The van der Waals surface area contributed by atoms with Crippen molar-refractivity contribution >= 4 is 11.3 Å². The van der Waals surface area contributed by atoms with Crippen molar-refractivity contribution in [3.63, 3.8) is 0 Å². The molecule has 0 radical (unpaired) electrons. The second-order valence-corrected chi connectivity index (χ2v) is 6.13. The van der Waals surface area contributed by atoms with E-state index in [4.69, 9.17) is 0 Å². The summed E-state index contributed by atoms with van der Waals surface area (Å²) in [6, 6.07) is 2.91. The molecule has 0 aliphatic heterocycles. The number of thiophene rings is 1. The van der Waals surface area contributed by atoms with E-state index in [2.05, 4.69) is 36.0 Å². The number of nitrogens with one attached hydrogen (secondary N) is 1. The van der Waals surface area contributed by atoms with Gasteiger partial charge in [-0.2, -0.15) is 11.3 Å². The molecular formula is C14H23NS. The molecule has 1 aromatic rings. The molecule has 1 aliphatic rings. The Morgan fingerprint density at radius 3 is 2.88 bits per heavy atom. The molecule has 1 N–H and O–H groups in total. The van der Waals surface area contributed by atoms with Gasteiger partial charge in [-0.25, -0.2) is 0 Å². The molecule has 1 nitrogen and oxygen atoms in total. The average Bonchev–Trinajstić information content (AvgIpc) is 2.87. The minimum atomic E-state index is 0.627. The van der Waals surface area contributed by atoms with Crippen molar-refractivity contribution in [3.05, 3.63) is 22.4 Å². The number of hydrogen-bond donors (Lipinski definition) is 1. The molecule has 2 heteroatoms. The van der Waals surface area contributed by atoms with Crippen molar-refractivity contribution in [1.82, 2.24) is 5.32 Å². The maximum atomic E-state index is 3.60. The molecule has 1 saturated carbocycles. The van der Waals surface area contributed by atoms with Crippen LogP contribution in [-0.2, 0) is 6.42 Å². The quantitative estimate of drug-likeness (QED) is 0.823. The average molecular weight is 237 g/mol. The van der Waals surface area contributed by atoms with Gasteiger partial charge in [-0.1, -0.05) is 20.3 Å². The van der Waals surface area contributed by atoms with Gasteiger partial charge in [0.05, 0.1) is 0 Å². The van der Waals surface area contributed by atoms with Crippen LogP contribution in [0.3, 0.4) is 0 Å². The van der Waals surface area contributed by atoms with Crippen LogP contribution in [0.15, 0.2) is 16.8 Å². The fourth-order valence-corrected chi connectivity index (χ4v) is 3.43. The van der Waals surface area contributed by atoms with E-state index in [9.17, 15) is 0 Å². The Morgan fingerprint density at radius 1 is 1.38 bits per heavy atom. The number of rotatable bonds is 5. The minimum Gasteiger partial charge on any atom is -0.314 e. The van der Waals surface area contributed by atoms with Gasteiger partial charge in [-0.3, -0.25) is 0 Å². The first-order chi connectivity index (χ1) is 7.75. The van der Waals surface area contributed by atoms with Gasteiger partial charge in [0.1, 0.15) is 0 Å². The Balaban J connectivity index is 1.83. The molecule has 1 aromatic heterocycles. The molecule has 1 fully saturated rings. The molecule has 0 spiro atoms. The van der Waals surface area contributed by atoms with Gasteiger partial charge < -0.3 is 5.32 Å². The summed E-state index contributed by atoms with van der Waals surface area (Å²) in [7, 11) is 0. The van der Waals surface area contributed by atoms with E-state index in [-0.39, 0.29) is 0 Å². The van der Waals surface area contributed by atoms with E-state index in [1.807, 2.05) is 11.3 Å². The maximum absolute atomic E-state index is 3.60. The Labute approximate surface area is 103 Å². The Bertz CT molecular complexity index is 292. The maximum Gasteiger partial charge on any atom is 0.00104 e. The third-order valence-electron chi connectivity index (χ3n) is 3.68. The first-order valence-corrected chi connectivity index (χ1v) is 7.44. The number of hydrogen-bond acceptors (Lipinski definition) is 2. The van der Waals surface area contributed by atoms with E-state index in [0.29, 0.717) is 6.04 Å². The van der Waals surface area contributed by atoms with Gasteiger partial charge in [-0.15, -0.1) is 0 Å². The lowest BCUT2D eigenvalue weighted by Gasteiger charge is -2.21. The third-order valence-corrected chi connectivity index (χ3v) is 4.41. The molecule has 16 heavy (non-hydrogen) atoms. The van der Waals surface area contributed by atoms with Crippen LogP contribution in [0.1, 0.15) is 38.7 Å². The minimum absolute atomic E-state index is 0.627. The van der Waals surface area contributed by atoms with Gasteiger partial charge in [0.25, 0.3) is 0 Å². The molecule has 2 atom stereocenters. The Hall–Kier alpha value is -0.340. The van der Waals surface area contributed by atoms with Gasteiger partial charge in [-0.05, 0) is 60.0 Å². The summed E-state index contributed by atoms with van der Waals surface area (Å²) in [5.41, 5.74) is 1.55. The van der Waals surface area contributed by atoms with E-state index in [1.54, 1.807) is 5.56 Å². The lowest BCUT2D eigenvalue weighted by atomic mass is 9.90. The van der Waals surface area contributed by atoms with Gasteiger partial charge >= 0.3 is 0 Å². The predicted octanol–water partition coefficient (Wildman–Crippen LogP) is 3.70. The van der Waals surface area contributed by atoms with Crippen LogP contribution in [0.4, 0.5) is 0 Å². The van der Waals surface area contributed by atoms with E-state index in [1.165, 1.54) is 32.2 Å². The van der Waals surface area contributed by atoms with E-state index >= 15 is 0 Å². The van der Waals surface area contributed by atoms with Crippen molar-refractivity contribution in [2.75, 3.05) is 6.54 Å². The zero-order chi connectivity index (χ0) is 11.4. The van der Waals surface area contributed by atoms with Gasteiger partial charge in [0.2, 0.25) is 0 Å². The van der Waals surface area contributed by atoms with Crippen molar-refractivity contribution in [1.29, 1.82) is 0 Å². The summed E-state index contributed by atoms with van der Waals surface area (Å²) in [6.45, 7) is 5.69. The van der Waals surface area contributed by atoms with Crippen LogP contribution in [0.5, 0.6) is 0 Å². The zero-order valence-corrected chi connectivity index (χ0v) is 11.2. The lowest BCUT2D eigenvalue weighted by Crippen LogP contribution is -2.31. The summed E-state index contributed by atoms with van der Waals surface area (Å²) in [4.78, 5) is 0. The molecule has 0 saturated heterocycles. The van der Waals surface area contributed by atoms with E-state index in [0.717, 1.165) is 11.8 Å². The van der Waals surface area contributed by atoms with E-state index < -0.39 is 0 Å². The molecule has 0 bridgehead atoms. The second kappa shape index (κ2) is 5.83. The van der Waals surface area contributed by atoms with Gasteiger partial charge in [0.15, 0.2) is 0 Å². The highest BCUT2D eigenvalue weighted by atomic mass is 32.1. The van der Waals surface area contributed by atoms with Crippen LogP contribution in [-0.4, -0.2) is 12.6 Å². The highest BCUT2D eigenvalue weighted by Crippen LogP contribution is 2.34. The fourth-order valence-electron chi connectivity index (χ4n) is 2.75. The molecule has 1 aliphatic carbocycles. The van der Waals surface area contributed by atoms with Crippen LogP contribution in [0, 0.1) is 11.8 Å². The predicted molar refractivity (Wildman–Crippen MR) is 72.0 cm³/mol. The summed E-state index contributed by atoms with van der Waals surface area (Å²) < 4.78 is 0. The van der Waals surface area contributed by atoms with Crippen LogP contribution in [0.2, 0.25) is 0 Å². The van der Waals surface area contributed by atoms with Crippen molar-refractivity contribution < 1.29 is 0 Å². The topological polar surface area (TPSA) is 12.0 Å². The third kappa shape index (κ3) is 3.33. The van der Waals surface area contributed by atoms with Crippen molar-refractivity contribution in [2.24, 2.45) is 11.8 Å². The van der Waals surface area contributed by atoms with Crippen LogP contribution in [0.25, 0.3) is 0 Å². The molecule has 0 aromatic carbocycles. The molecule has 90 valence electrons. The smallest absolute Gasteiger partial charge is 0.00104 e. The highest BCUT2D eigenvalue weighted by molar-refractivity contribution is 7.07. The SMILES string of the molecule is CC(C)NCC1CCCC1Cc1ccsc1. The summed E-state index contributed by atoms with van der Waals surface area (Å²) in [5, 5.41) is 8.11. The standard InChI is InChI=1S/C14H23NS/c1-11(2)15-9-14-5-3-4-13(14)8-12-6-7-16-10-12/h6-7,10-11,13-15H,3-5,8-9H2,1-2H3. The molecular weight excluding hydrogens is 214 g/mol. The van der Waals surface area contributed by atoms with Crippen LogP contribution >= 0.6 is 11.3 Å². The van der Waals surface area contributed by atoms with Gasteiger partial charge in [0, 0.05) is 6.04 Å². The highest BCUT2D eigenvalue weighted by Gasteiger charge is 2.27. The van der Waals surface area contributed by atoms with Crippen molar-refractivity contribution in [3.8, 4) is 0 Å². The second-order valence-electron chi connectivity index (χ2n) is 5.35. The Kier molecular flexibility index (Phi) is 4.42. The largest absolute Gasteiger partial charge is 0.314 e. The lowest BCUT2D eigenvalue weighted by molar-refractivity contribution is 0.354. The summed E-state index contributed by atoms with van der Waals surface area (Å²) in [6.07, 6.45) is 5.59. The first kappa shape index (κ1) is 12.1. The van der Waals surface area contributed by atoms with Crippen LogP contribution < -0.4 is 5.32 Å². The first-order valence-electron chi connectivity index (χ1n) is 6.50. The molecule has 1 heterocycles.